The molecule has 2 amide bonds. The molecule has 0 aromatic heterocycles. The molecule has 0 heterocycles. The van der Waals surface area contributed by atoms with E-state index in [1.165, 1.54) is 6.92 Å². The number of para-hydroxylation sites is 1. The second kappa shape index (κ2) is 9.39. The smallest absolute Gasteiger partial charge is 0.265 e. The molecule has 0 saturated carbocycles. The Hall–Kier alpha value is -2.57. The van der Waals surface area contributed by atoms with Crippen LogP contribution in [0.15, 0.2) is 23.4 Å². The van der Waals surface area contributed by atoms with Gasteiger partial charge in [-0.05, 0) is 36.8 Å². The number of carbonyl (C=O) groups is 2. The van der Waals surface area contributed by atoms with Crippen LogP contribution in [0, 0.1) is 0 Å². The molecule has 0 saturated heterocycles. The van der Waals surface area contributed by atoms with Crippen molar-refractivity contribution in [3.05, 3.63) is 29.3 Å². The van der Waals surface area contributed by atoms with Gasteiger partial charge in [-0.3, -0.25) is 9.59 Å². The summed E-state index contributed by atoms with van der Waals surface area (Å²) in [6, 6.07) is 6.03. The van der Waals surface area contributed by atoms with Gasteiger partial charge in [0.2, 0.25) is 5.91 Å². The molecule has 0 spiro atoms. The van der Waals surface area contributed by atoms with Crippen LogP contribution in [0.1, 0.15) is 71.4 Å². The van der Waals surface area contributed by atoms with Gasteiger partial charge in [-0.2, -0.15) is 0 Å². The van der Waals surface area contributed by atoms with Crippen LogP contribution in [-0.2, 0) is 14.4 Å². The molecule has 0 aliphatic carbocycles. The zero-order valence-corrected chi connectivity index (χ0v) is 17.3. The molecule has 0 unspecified atom stereocenters. The highest BCUT2D eigenvalue weighted by Gasteiger charge is 2.24. The fourth-order valence-electron chi connectivity index (χ4n) is 2.65. The van der Waals surface area contributed by atoms with Gasteiger partial charge in [-0.15, -0.1) is 0 Å². The van der Waals surface area contributed by atoms with Crippen molar-refractivity contribution in [3.8, 4) is 0 Å². The molecule has 0 aliphatic rings. The first kappa shape index (κ1) is 22.5. The summed E-state index contributed by atoms with van der Waals surface area (Å²) in [5.41, 5.74) is 7.95. The van der Waals surface area contributed by atoms with Crippen molar-refractivity contribution in [1.29, 1.82) is 0 Å². The van der Waals surface area contributed by atoms with E-state index in [0.717, 1.165) is 16.8 Å². The fourth-order valence-corrected chi connectivity index (χ4v) is 2.65. The molecular formula is C20H32N4O3. The quantitative estimate of drug-likeness (QED) is 0.368. The Bertz CT molecular complexity index is 683. The van der Waals surface area contributed by atoms with Crippen LogP contribution < -0.4 is 16.4 Å². The summed E-state index contributed by atoms with van der Waals surface area (Å²) in [5.74, 6) is 0.0660. The number of nitrogens with two attached hydrogens (primary N) is 1. The maximum absolute atomic E-state index is 12.4. The first-order chi connectivity index (χ1) is 12.5. The van der Waals surface area contributed by atoms with Crippen molar-refractivity contribution in [2.45, 2.75) is 65.8 Å². The van der Waals surface area contributed by atoms with Crippen LogP contribution >= 0.6 is 0 Å². The van der Waals surface area contributed by atoms with Crippen LogP contribution in [0.3, 0.4) is 0 Å². The molecule has 0 aliphatic heterocycles. The van der Waals surface area contributed by atoms with Crippen molar-refractivity contribution in [3.63, 3.8) is 0 Å². The lowest BCUT2D eigenvalue weighted by Gasteiger charge is -2.24. The minimum Gasteiger partial charge on any atom is -0.384 e. The minimum absolute atomic E-state index is 0.0796. The van der Waals surface area contributed by atoms with E-state index in [9.17, 15) is 9.59 Å². The van der Waals surface area contributed by atoms with Gasteiger partial charge in [0, 0.05) is 12.6 Å². The number of rotatable bonds is 8. The van der Waals surface area contributed by atoms with E-state index in [4.69, 9.17) is 10.6 Å². The van der Waals surface area contributed by atoms with Gasteiger partial charge in [0.25, 0.3) is 5.91 Å². The Morgan fingerprint density at radius 1 is 1.15 bits per heavy atom. The largest absolute Gasteiger partial charge is 0.384 e. The minimum atomic E-state index is -0.864. The molecule has 7 nitrogen and oxygen atoms in total. The zero-order chi connectivity index (χ0) is 20.8. The summed E-state index contributed by atoms with van der Waals surface area (Å²) >= 11 is 0. The number of hydrogen-bond acceptors (Lipinski definition) is 4. The third-order valence-corrected chi connectivity index (χ3v) is 4.12. The first-order valence-electron chi connectivity index (χ1n) is 9.13. The second-order valence-electron chi connectivity index (χ2n) is 7.73. The van der Waals surface area contributed by atoms with Crippen molar-refractivity contribution in [2.24, 2.45) is 10.9 Å². The van der Waals surface area contributed by atoms with Crippen molar-refractivity contribution in [1.82, 2.24) is 5.32 Å². The van der Waals surface area contributed by atoms with E-state index in [1.807, 2.05) is 18.2 Å². The number of benzene rings is 1. The van der Waals surface area contributed by atoms with E-state index in [1.54, 1.807) is 13.8 Å². The Balaban J connectivity index is 2.84. The van der Waals surface area contributed by atoms with Gasteiger partial charge in [0.05, 0.1) is 5.54 Å². The van der Waals surface area contributed by atoms with Crippen LogP contribution in [-0.4, -0.2) is 29.8 Å². The summed E-state index contributed by atoms with van der Waals surface area (Å²) in [7, 11) is 0. The van der Waals surface area contributed by atoms with E-state index >= 15 is 0 Å². The predicted octanol–water partition coefficient (Wildman–Crippen LogP) is 3.08. The number of nitrogens with one attached hydrogen (secondary N) is 2. The highest BCUT2D eigenvalue weighted by atomic mass is 16.6. The van der Waals surface area contributed by atoms with Crippen molar-refractivity contribution in [2.75, 3.05) is 11.9 Å². The summed E-state index contributed by atoms with van der Waals surface area (Å²) in [6.45, 7) is 12.8. The third kappa shape index (κ3) is 6.58. The Morgan fingerprint density at radius 3 is 2.11 bits per heavy atom. The predicted molar refractivity (Wildman–Crippen MR) is 109 cm³/mol. The Kier molecular flexibility index (Phi) is 7.82. The van der Waals surface area contributed by atoms with Crippen LogP contribution in [0.25, 0.3) is 0 Å². The molecule has 7 heteroatoms. The van der Waals surface area contributed by atoms with Crippen LogP contribution in [0.5, 0.6) is 0 Å². The molecule has 4 N–H and O–H groups in total. The highest BCUT2D eigenvalue weighted by molar-refractivity contribution is 5.94. The lowest BCUT2D eigenvalue weighted by atomic mass is 9.92. The third-order valence-electron chi connectivity index (χ3n) is 4.12. The fraction of sp³-hybridized carbons (Fsp3) is 0.550. The van der Waals surface area contributed by atoms with Gasteiger partial charge in [-0.1, -0.05) is 51.0 Å². The molecule has 0 radical (unpaired) electrons. The number of hydrogen-bond donors (Lipinski definition) is 3. The van der Waals surface area contributed by atoms with Crippen LogP contribution in [0.4, 0.5) is 5.69 Å². The van der Waals surface area contributed by atoms with Crippen molar-refractivity contribution < 1.29 is 14.4 Å². The number of carbonyl (C=O) groups excluding carboxylic acids is 2. The maximum Gasteiger partial charge on any atom is 0.265 e. The van der Waals surface area contributed by atoms with Crippen molar-refractivity contribution >= 4 is 23.3 Å². The average molecular weight is 377 g/mol. The van der Waals surface area contributed by atoms with E-state index in [2.05, 4.69) is 43.5 Å². The number of oxime groups is 1. The molecule has 1 rings (SSSR count). The molecular weight excluding hydrogens is 344 g/mol. The van der Waals surface area contributed by atoms with E-state index in [0.29, 0.717) is 0 Å². The summed E-state index contributed by atoms with van der Waals surface area (Å²) < 4.78 is 0. The molecule has 0 bridgehead atoms. The second-order valence-corrected chi connectivity index (χ2v) is 7.73. The summed E-state index contributed by atoms with van der Waals surface area (Å²) in [4.78, 5) is 28.6. The molecule has 1 aromatic carbocycles. The van der Waals surface area contributed by atoms with Gasteiger partial charge < -0.3 is 21.2 Å². The SMILES string of the molecule is CC(=O)NC(C)(C)/C(N)=N\OCC(=O)Nc1c(C(C)C)cccc1C(C)C. The average Bonchev–Trinajstić information content (AvgIpc) is 2.53. The zero-order valence-electron chi connectivity index (χ0n) is 17.3. The van der Waals surface area contributed by atoms with Gasteiger partial charge in [-0.25, -0.2) is 0 Å². The number of anilines is 1. The lowest BCUT2D eigenvalue weighted by molar-refractivity contribution is -0.121. The molecule has 0 fully saturated rings. The maximum atomic E-state index is 12.4. The van der Waals surface area contributed by atoms with E-state index < -0.39 is 5.54 Å². The van der Waals surface area contributed by atoms with E-state index in [-0.39, 0.29) is 36.1 Å². The molecule has 1 aromatic rings. The highest BCUT2D eigenvalue weighted by Crippen LogP contribution is 2.32. The monoisotopic (exact) mass is 376 g/mol. The Morgan fingerprint density at radius 2 is 1.67 bits per heavy atom. The normalized spacial score (nSPS) is 12.3. The molecule has 0 atom stereocenters. The summed E-state index contributed by atoms with van der Waals surface area (Å²) in [6.07, 6.45) is 0. The van der Waals surface area contributed by atoms with Gasteiger partial charge in [0.1, 0.15) is 0 Å². The summed E-state index contributed by atoms with van der Waals surface area (Å²) in [5, 5.41) is 9.37. The molecule has 150 valence electrons. The molecule has 27 heavy (non-hydrogen) atoms. The number of amides is 2. The lowest BCUT2D eigenvalue weighted by Crippen LogP contribution is -2.52. The topological polar surface area (TPSA) is 106 Å². The van der Waals surface area contributed by atoms with Crippen LogP contribution in [0.2, 0.25) is 0 Å². The Labute approximate surface area is 161 Å². The number of nitrogens with zero attached hydrogens (tertiary/aromatic N) is 1. The van der Waals surface area contributed by atoms with Gasteiger partial charge in [0.15, 0.2) is 12.4 Å². The van der Waals surface area contributed by atoms with Gasteiger partial charge >= 0.3 is 0 Å². The standard InChI is InChI=1S/C20H32N4O3/c1-12(2)15-9-8-10-16(13(3)4)18(15)22-17(26)11-27-24-19(21)20(6,7)23-14(5)25/h8-10,12-13H,11H2,1-7H3,(H2,21,24)(H,22,26)(H,23,25). The number of amidine groups is 1. The first-order valence-corrected chi connectivity index (χ1v) is 9.13.